The normalized spacial score (nSPS) is 12.3. The summed E-state index contributed by atoms with van der Waals surface area (Å²) < 4.78 is 11.1. The van der Waals surface area contributed by atoms with Crippen LogP contribution in [-0.4, -0.2) is 26.8 Å². The van der Waals surface area contributed by atoms with Gasteiger partial charge >= 0.3 is 6.09 Å². The molecular formula is C18H20ClNO3S. The van der Waals surface area contributed by atoms with Crippen molar-refractivity contribution < 1.29 is 31.6 Å². The number of ether oxygens (including phenoxy) is 2. The molecule has 0 spiro atoms. The first-order valence-electron chi connectivity index (χ1n) is 7.59. The zero-order valence-corrected chi connectivity index (χ0v) is 15.5. The van der Waals surface area contributed by atoms with Crippen molar-refractivity contribution in [3.05, 3.63) is 47.5 Å². The maximum absolute atomic E-state index is 11.9. The molecule has 0 atom stereocenters. The van der Waals surface area contributed by atoms with Gasteiger partial charge in [0.1, 0.15) is 0 Å². The van der Waals surface area contributed by atoms with Gasteiger partial charge in [-0.2, -0.15) is 4.79 Å². The van der Waals surface area contributed by atoms with Crippen LogP contribution in [0, 0.1) is 6.92 Å². The van der Waals surface area contributed by atoms with E-state index >= 15 is 0 Å². The third-order valence-electron chi connectivity index (χ3n) is 3.56. The molecule has 0 saturated heterocycles. The summed E-state index contributed by atoms with van der Waals surface area (Å²) >= 11 is 1.66. The van der Waals surface area contributed by atoms with Crippen molar-refractivity contribution in [2.24, 2.45) is 0 Å². The minimum absolute atomic E-state index is 0. The van der Waals surface area contributed by atoms with Gasteiger partial charge in [0, 0.05) is 21.8 Å². The zero-order valence-electron chi connectivity index (χ0n) is 13.9. The number of aryl methyl sites for hydroxylation is 1. The lowest BCUT2D eigenvalue weighted by Gasteiger charge is -2.12. The van der Waals surface area contributed by atoms with Crippen LogP contribution in [0.5, 0.6) is 11.5 Å². The summed E-state index contributed by atoms with van der Waals surface area (Å²) in [7, 11) is 3.49. The average molecular weight is 366 g/mol. The van der Waals surface area contributed by atoms with Crippen molar-refractivity contribution in [2.75, 3.05) is 20.7 Å². The number of halogens is 1. The van der Waals surface area contributed by atoms with E-state index in [9.17, 15) is 4.79 Å². The SMILES string of the molecule is Cc1cccc(Sc2cc3c(c(OC(=O)[NH+](C)C)c2)OCC3)c1.[Cl-]. The molecule has 0 aliphatic carbocycles. The number of hydrogen-bond donors (Lipinski definition) is 1. The summed E-state index contributed by atoms with van der Waals surface area (Å²) in [6.07, 6.45) is 0.525. The van der Waals surface area contributed by atoms with E-state index in [0.717, 1.165) is 16.9 Å². The van der Waals surface area contributed by atoms with Crippen molar-refractivity contribution in [2.45, 2.75) is 23.1 Å². The first-order valence-corrected chi connectivity index (χ1v) is 8.41. The summed E-state index contributed by atoms with van der Waals surface area (Å²) in [6, 6.07) is 12.4. The standard InChI is InChI=1S/C18H19NO3S.ClH/c1-12-5-4-6-14(9-12)23-15-10-13-7-8-21-17(13)16(11-15)22-18(20)19(2)3;/h4-6,9-11H,7-8H2,1-3H3;1H. The number of rotatable bonds is 3. The monoisotopic (exact) mass is 365 g/mol. The molecule has 24 heavy (non-hydrogen) atoms. The van der Waals surface area contributed by atoms with Gasteiger partial charge < -0.3 is 21.9 Å². The minimum atomic E-state index is -0.319. The van der Waals surface area contributed by atoms with Crippen molar-refractivity contribution in [1.29, 1.82) is 0 Å². The van der Waals surface area contributed by atoms with Crippen molar-refractivity contribution in [1.82, 2.24) is 0 Å². The van der Waals surface area contributed by atoms with E-state index in [1.165, 1.54) is 10.5 Å². The Morgan fingerprint density at radius 1 is 1.21 bits per heavy atom. The fourth-order valence-corrected chi connectivity index (χ4v) is 3.43. The van der Waals surface area contributed by atoms with Crippen molar-refractivity contribution >= 4 is 17.9 Å². The highest BCUT2D eigenvalue weighted by molar-refractivity contribution is 7.99. The molecule has 1 aliphatic rings. The Labute approximate surface area is 152 Å². The highest BCUT2D eigenvalue weighted by Gasteiger charge is 2.23. The van der Waals surface area contributed by atoms with Crippen molar-refractivity contribution in [3.8, 4) is 11.5 Å². The van der Waals surface area contributed by atoms with Gasteiger partial charge in [0.15, 0.2) is 11.5 Å². The first-order chi connectivity index (χ1) is 11.0. The second kappa shape index (κ2) is 7.92. The molecule has 0 unspecified atom stereocenters. The Hall–Kier alpha value is -1.69. The molecule has 0 radical (unpaired) electrons. The lowest BCUT2D eigenvalue weighted by atomic mass is 10.1. The van der Waals surface area contributed by atoms with E-state index in [1.807, 2.05) is 12.1 Å². The summed E-state index contributed by atoms with van der Waals surface area (Å²) in [6.45, 7) is 2.71. The number of amides is 1. The predicted molar refractivity (Wildman–Crippen MR) is 89.8 cm³/mol. The van der Waals surface area contributed by atoms with Crippen LogP contribution in [0.1, 0.15) is 11.1 Å². The number of carbonyl (C=O) groups is 1. The third-order valence-corrected chi connectivity index (χ3v) is 4.52. The largest absolute Gasteiger partial charge is 1.00 e. The number of fused-ring (bicyclic) bond motifs is 1. The number of hydrogen-bond acceptors (Lipinski definition) is 4. The summed E-state index contributed by atoms with van der Waals surface area (Å²) in [5.41, 5.74) is 2.32. The van der Waals surface area contributed by atoms with Crippen LogP contribution in [0.3, 0.4) is 0 Å². The number of benzene rings is 2. The fraction of sp³-hybridized carbons (Fsp3) is 0.278. The molecule has 1 amide bonds. The molecule has 1 aliphatic heterocycles. The summed E-state index contributed by atoms with van der Waals surface area (Å²) in [4.78, 5) is 14.7. The molecule has 0 aromatic heterocycles. The Morgan fingerprint density at radius 3 is 2.71 bits per heavy atom. The molecule has 0 bridgehead atoms. The van der Waals surface area contributed by atoms with Gasteiger partial charge in [-0.05, 0) is 31.2 Å². The molecule has 1 N–H and O–H groups in total. The smallest absolute Gasteiger partial charge is 0.519 e. The highest BCUT2D eigenvalue weighted by Crippen LogP contribution is 2.41. The van der Waals surface area contributed by atoms with E-state index in [0.29, 0.717) is 23.0 Å². The lowest BCUT2D eigenvalue weighted by Crippen LogP contribution is -3.09. The second-order valence-corrected chi connectivity index (χ2v) is 6.96. The predicted octanol–water partition coefficient (Wildman–Crippen LogP) is -0.272. The van der Waals surface area contributed by atoms with Crippen LogP contribution in [-0.2, 0) is 6.42 Å². The molecule has 2 aromatic carbocycles. The molecule has 1 heterocycles. The minimum Gasteiger partial charge on any atom is -1.00 e. The Balaban J connectivity index is 0.00000208. The van der Waals surface area contributed by atoms with Crippen LogP contribution >= 0.6 is 11.8 Å². The average Bonchev–Trinajstić information content (AvgIpc) is 2.95. The molecule has 2 aromatic rings. The maximum atomic E-state index is 11.9. The van der Waals surface area contributed by atoms with Crippen LogP contribution in [0.2, 0.25) is 0 Å². The van der Waals surface area contributed by atoms with E-state index in [1.54, 1.807) is 25.9 Å². The lowest BCUT2D eigenvalue weighted by molar-refractivity contribution is -0.776. The molecular weight excluding hydrogens is 346 g/mol. The topological polar surface area (TPSA) is 40.0 Å². The quantitative estimate of drug-likeness (QED) is 0.813. The number of nitrogens with one attached hydrogen (secondary N) is 1. The van der Waals surface area contributed by atoms with Gasteiger partial charge in [0.2, 0.25) is 0 Å². The van der Waals surface area contributed by atoms with E-state index < -0.39 is 0 Å². The van der Waals surface area contributed by atoms with Gasteiger partial charge in [0.25, 0.3) is 0 Å². The molecule has 0 saturated carbocycles. The number of carbonyl (C=O) groups excluding carboxylic acids is 1. The van der Waals surface area contributed by atoms with Gasteiger partial charge in [-0.1, -0.05) is 29.5 Å². The van der Waals surface area contributed by atoms with Crippen LogP contribution in [0.15, 0.2) is 46.2 Å². The van der Waals surface area contributed by atoms with Crippen LogP contribution < -0.4 is 26.8 Å². The van der Waals surface area contributed by atoms with Gasteiger partial charge in [-0.15, -0.1) is 0 Å². The van der Waals surface area contributed by atoms with Crippen LogP contribution in [0.25, 0.3) is 0 Å². The maximum Gasteiger partial charge on any atom is 0.519 e. The van der Waals surface area contributed by atoms with E-state index in [4.69, 9.17) is 9.47 Å². The Bertz CT molecular complexity index is 749. The van der Waals surface area contributed by atoms with Gasteiger partial charge in [-0.25, -0.2) is 4.90 Å². The summed E-state index contributed by atoms with van der Waals surface area (Å²) in [5.74, 6) is 1.22. The Morgan fingerprint density at radius 2 is 2.00 bits per heavy atom. The van der Waals surface area contributed by atoms with Gasteiger partial charge in [0.05, 0.1) is 20.7 Å². The molecule has 4 nitrogen and oxygen atoms in total. The van der Waals surface area contributed by atoms with E-state index in [-0.39, 0.29) is 18.5 Å². The zero-order chi connectivity index (χ0) is 16.4. The fourth-order valence-electron chi connectivity index (χ4n) is 2.40. The third kappa shape index (κ3) is 4.23. The summed E-state index contributed by atoms with van der Waals surface area (Å²) in [5, 5.41) is 0. The molecule has 6 heteroatoms. The highest BCUT2D eigenvalue weighted by atomic mass is 35.5. The molecule has 128 valence electrons. The first kappa shape index (κ1) is 18.6. The van der Waals surface area contributed by atoms with Crippen LogP contribution in [0.4, 0.5) is 4.79 Å². The molecule has 0 fully saturated rings. The molecule has 3 rings (SSSR count). The Kier molecular flexibility index (Phi) is 6.15. The second-order valence-electron chi connectivity index (χ2n) is 5.82. The van der Waals surface area contributed by atoms with Gasteiger partial charge in [-0.3, -0.25) is 0 Å². The van der Waals surface area contributed by atoms with Crippen molar-refractivity contribution in [3.63, 3.8) is 0 Å². The van der Waals surface area contributed by atoms with E-state index in [2.05, 4.69) is 31.2 Å². The number of quaternary nitrogens is 1.